The lowest BCUT2D eigenvalue weighted by Crippen LogP contribution is -2.32. The van der Waals surface area contributed by atoms with E-state index in [1.165, 1.54) is 12.1 Å². The number of nitrogens with zero attached hydrogens (tertiary/aromatic N) is 6. The van der Waals surface area contributed by atoms with Crippen molar-refractivity contribution in [3.8, 4) is 34.5 Å². The Morgan fingerprint density at radius 1 is 1.08 bits per heavy atom. The lowest BCUT2D eigenvalue weighted by atomic mass is 9.98. The van der Waals surface area contributed by atoms with Crippen LogP contribution in [0.1, 0.15) is 41.0 Å². The van der Waals surface area contributed by atoms with Gasteiger partial charge in [-0.15, -0.1) is 0 Å². The van der Waals surface area contributed by atoms with E-state index in [2.05, 4.69) is 33.1 Å². The molecule has 2 aromatic carbocycles. The first-order chi connectivity index (χ1) is 19.7. The fraction of sp³-hybridized carbons (Fsp3) is 0.300. The molecule has 192 valence electrons. The molecule has 8 heteroatoms. The SMILES string of the molecule is [2H]C([2H])([2H])[C@H](c1cccc(-c2ncc(OCC3CCN(C)CC3)cn2)c1)n1nc(-c2cccc(C#N)c2)ccc1=O. The van der Waals surface area contributed by atoms with Crippen LogP contribution in [0.5, 0.6) is 5.75 Å². The third-order valence-corrected chi connectivity index (χ3v) is 6.77. The maximum absolute atomic E-state index is 12.9. The molecule has 2 aromatic heterocycles. The molecule has 0 spiro atoms. The Morgan fingerprint density at radius 3 is 2.61 bits per heavy atom. The molecule has 1 saturated heterocycles. The van der Waals surface area contributed by atoms with E-state index in [4.69, 9.17) is 8.85 Å². The second-order valence-electron chi connectivity index (χ2n) is 9.52. The van der Waals surface area contributed by atoms with Gasteiger partial charge in [0.1, 0.15) is 0 Å². The van der Waals surface area contributed by atoms with Crippen LogP contribution in [0.25, 0.3) is 22.6 Å². The minimum atomic E-state index is -2.59. The molecular weight excluding hydrogens is 476 g/mol. The van der Waals surface area contributed by atoms with E-state index < -0.39 is 18.5 Å². The lowest BCUT2D eigenvalue weighted by Gasteiger charge is -2.28. The van der Waals surface area contributed by atoms with Crippen LogP contribution in [0.4, 0.5) is 0 Å². The molecule has 5 rings (SSSR count). The number of benzene rings is 2. The molecule has 1 fully saturated rings. The summed E-state index contributed by atoms with van der Waals surface area (Å²) in [6.45, 7) is 0.164. The molecule has 1 atom stereocenters. The van der Waals surface area contributed by atoms with Crippen LogP contribution in [0.3, 0.4) is 0 Å². The topological polar surface area (TPSA) is 96.9 Å². The molecule has 1 aliphatic heterocycles. The predicted octanol–water partition coefficient (Wildman–Crippen LogP) is 4.57. The average Bonchev–Trinajstić information content (AvgIpc) is 2.98. The second kappa shape index (κ2) is 11.4. The summed E-state index contributed by atoms with van der Waals surface area (Å²) in [5.41, 5.74) is 1.82. The van der Waals surface area contributed by atoms with Gasteiger partial charge in [0.25, 0.3) is 5.56 Å². The van der Waals surface area contributed by atoms with Crippen LogP contribution in [0.2, 0.25) is 0 Å². The third kappa shape index (κ3) is 5.79. The number of aromatic nitrogens is 4. The molecule has 38 heavy (non-hydrogen) atoms. The summed E-state index contributed by atoms with van der Waals surface area (Å²) in [4.78, 5) is 24.1. The predicted molar refractivity (Wildman–Crippen MR) is 146 cm³/mol. The monoisotopic (exact) mass is 509 g/mol. The standard InChI is InChI=1S/C30H30N6O2/c1-21(36-29(37)10-9-28(34-36)25-7-3-5-23(15-25)17-31)24-6-4-8-26(16-24)30-32-18-27(19-33-30)38-20-22-11-13-35(2)14-12-22/h3-10,15-16,18-19,21-22H,11-14,20H2,1-2H3/t21-/m1/s1/i1D3. The smallest absolute Gasteiger partial charge is 0.267 e. The van der Waals surface area contributed by atoms with E-state index >= 15 is 0 Å². The van der Waals surface area contributed by atoms with E-state index in [9.17, 15) is 10.1 Å². The van der Waals surface area contributed by atoms with Crippen LogP contribution in [-0.4, -0.2) is 51.4 Å². The van der Waals surface area contributed by atoms with Crippen molar-refractivity contribution in [2.75, 3.05) is 26.7 Å². The molecule has 4 aromatic rings. The maximum Gasteiger partial charge on any atom is 0.267 e. The largest absolute Gasteiger partial charge is 0.490 e. The van der Waals surface area contributed by atoms with Crippen molar-refractivity contribution in [3.63, 3.8) is 0 Å². The van der Waals surface area contributed by atoms with Gasteiger partial charge < -0.3 is 9.64 Å². The van der Waals surface area contributed by atoms with Crippen molar-refractivity contribution >= 4 is 0 Å². The van der Waals surface area contributed by atoms with Crippen molar-refractivity contribution in [2.45, 2.75) is 25.7 Å². The zero-order valence-corrected chi connectivity index (χ0v) is 21.1. The van der Waals surface area contributed by atoms with Gasteiger partial charge in [0.15, 0.2) is 11.6 Å². The zero-order chi connectivity index (χ0) is 29.0. The molecule has 0 radical (unpaired) electrons. The first-order valence-electron chi connectivity index (χ1n) is 14.1. The van der Waals surface area contributed by atoms with Gasteiger partial charge >= 0.3 is 0 Å². The van der Waals surface area contributed by atoms with Gasteiger partial charge in [-0.25, -0.2) is 14.6 Å². The Kier molecular flexibility index (Phi) is 6.49. The number of likely N-dealkylation sites (tertiary alicyclic amines) is 1. The lowest BCUT2D eigenvalue weighted by molar-refractivity contribution is 0.159. The Labute approximate surface area is 226 Å². The normalized spacial score (nSPS) is 16.6. The number of ether oxygens (including phenoxy) is 1. The number of hydrogen-bond acceptors (Lipinski definition) is 7. The summed E-state index contributed by atoms with van der Waals surface area (Å²) in [5.74, 6) is 1.49. The van der Waals surface area contributed by atoms with Crippen LogP contribution in [0.15, 0.2) is 77.9 Å². The number of nitriles is 1. The minimum absolute atomic E-state index is 0.367. The van der Waals surface area contributed by atoms with Crippen LogP contribution >= 0.6 is 0 Å². The summed E-state index contributed by atoms with van der Waals surface area (Å²) in [6, 6.07) is 17.1. The summed E-state index contributed by atoms with van der Waals surface area (Å²) in [7, 11) is 2.13. The summed E-state index contributed by atoms with van der Waals surface area (Å²) in [5, 5.41) is 13.7. The first kappa shape index (κ1) is 21.7. The van der Waals surface area contributed by atoms with Crippen molar-refractivity contribution in [1.29, 1.82) is 5.26 Å². The molecule has 0 saturated carbocycles. The zero-order valence-electron chi connectivity index (χ0n) is 24.1. The van der Waals surface area contributed by atoms with Gasteiger partial charge in [0.05, 0.1) is 42.4 Å². The van der Waals surface area contributed by atoms with E-state index in [-0.39, 0.29) is 0 Å². The molecule has 3 heterocycles. The molecule has 0 unspecified atom stereocenters. The van der Waals surface area contributed by atoms with Gasteiger partial charge in [-0.3, -0.25) is 4.79 Å². The van der Waals surface area contributed by atoms with Gasteiger partial charge in [-0.2, -0.15) is 10.4 Å². The number of piperidine rings is 1. The highest BCUT2D eigenvalue weighted by Gasteiger charge is 2.18. The fourth-order valence-electron chi connectivity index (χ4n) is 4.48. The van der Waals surface area contributed by atoms with Gasteiger partial charge in [0.2, 0.25) is 0 Å². The van der Waals surface area contributed by atoms with E-state index in [1.807, 2.05) is 0 Å². The Morgan fingerprint density at radius 2 is 1.84 bits per heavy atom. The Bertz CT molecular complexity index is 1610. The molecule has 1 aliphatic rings. The molecule has 0 amide bonds. The van der Waals surface area contributed by atoms with Gasteiger partial charge in [0, 0.05) is 21.3 Å². The minimum Gasteiger partial charge on any atom is -0.490 e. The van der Waals surface area contributed by atoms with Crippen LogP contribution in [-0.2, 0) is 0 Å². The fourth-order valence-corrected chi connectivity index (χ4v) is 4.48. The van der Waals surface area contributed by atoms with Gasteiger partial charge in [-0.05, 0) is 75.6 Å². The maximum atomic E-state index is 12.9. The number of rotatable bonds is 7. The van der Waals surface area contributed by atoms with Crippen LogP contribution < -0.4 is 10.3 Å². The van der Waals surface area contributed by atoms with Crippen molar-refractivity contribution in [3.05, 3.63) is 94.5 Å². The molecule has 0 bridgehead atoms. The molecule has 0 aliphatic carbocycles. The van der Waals surface area contributed by atoms with Crippen molar-refractivity contribution in [1.82, 2.24) is 24.6 Å². The van der Waals surface area contributed by atoms with E-state index in [0.717, 1.165) is 30.6 Å². The summed E-state index contributed by atoms with van der Waals surface area (Å²) in [6.07, 6.45) is 5.44. The quantitative estimate of drug-likeness (QED) is 0.360. The summed E-state index contributed by atoms with van der Waals surface area (Å²) >= 11 is 0. The highest BCUT2D eigenvalue weighted by Crippen LogP contribution is 2.24. The highest BCUT2D eigenvalue weighted by molar-refractivity contribution is 5.61. The first-order valence-corrected chi connectivity index (χ1v) is 12.6. The Hall–Kier alpha value is -4.35. The van der Waals surface area contributed by atoms with Crippen molar-refractivity contribution < 1.29 is 8.85 Å². The highest BCUT2D eigenvalue weighted by atomic mass is 16.5. The number of hydrogen-bond donors (Lipinski definition) is 0. The van der Waals surface area contributed by atoms with Gasteiger partial charge in [-0.1, -0.05) is 30.3 Å². The third-order valence-electron chi connectivity index (χ3n) is 6.77. The van der Waals surface area contributed by atoms with E-state index in [1.54, 1.807) is 60.9 Å². The van der Waals surface area contributed by atoms with E-state index in [0.29, 0.717) is 52.0 Å². The second-order valence-corrected chi connectivity index (χ2v) is 9.52. The average molecular weight is 510 g/mol. The molecular formula is C30H30N6O2. The van der Waals surface area contributed by atoms with Crippen molar-refractivity contribution in [2.24, 2.45) is 5.92 Å². The molecule has 8 nitrogen and oxygen atoms in total. The van der Waals surface area contributed by atoms with Crippen LogP contribution in [0, 0.1) is 17.2 Å². The summed E-state index contributed by atoms with van der Waals surface area (Å²) < 4.78 is 31.8. The molecule has 0 N–H and O–H groups in total. The Balaban J connectivity index is 1.41.